The van der Waals surface area contributed by atoms with E-state index < -0.39 is 0 Å². The summed E-state index contributed by atoms with van der Waals surface area (Å²) in [7, 11) is 1.65. The van der Waals surface area contributed by atoms with Crippen molar-refractivity contribution in [1.82, 2.24) is 14.8 Å². The van der Waals surface area contributed by atoms with Gasteiger partial charge in [0.2, 0.25) is 0 Å². The van der Waals surface area contributed by atoms with Gasteiger partial charge in [0.05, 0.1) is 43.0 Å². The highest BCUT2D eigenvalue weighted by molar-refractivity contribution is 7.09. The Hall–Kier alpha value is -2.54. The van der Waals surface area contributed by atoms with Gasteiger partial charge in [-0.05, 0) is 44.0 Å². The molecule has 0 amide bonds. The first-order valence-electron chi connectivity index (χ1n) is 9.71. The Morgan fingerprint density at radius 1 is 1.18 bits per heavy atom. The summed E-state index contributed by atoms with van der Waals surface area (Å²) in [6.07, 6.45) is 7.05. The van der Waals surface area contributed by atoms with Gasteiger partial charge in [-0.2, -0.15) is 5.10 Å². The van der Waals surface area contributed by atoms with Crippen molar-refractivity contribution in [3.05, 3.63) is 52.2 Å². The zero-order valence-corrected chi connectivity index (χ0v) is 17.2. The minimum Gasteiger partial charge on any atom is -0.497 e. The molecule has 0 atom stereocenters. The van der Waals surface area contributed by atoms with Crippen molar-refractivity contribution < 1.29 is 9.47 Å². The Kier molecular flexibility index (Phi) is 5.81. The second kappa shape index (κ2) is 8.65. The van der Waals surface area contributed by atoms with Crippen LogP contribution in [0.4, 0.5) is 5.69 Å². The number of ether oxygens (including phenoxy) is 2. The van der Waals surface area contributed by atoms with Crippen LogP contribution in [0, 0.1) is 6.92 Å². The molecule has 1 aliphatic carbocycles. The summed E-state index contributed by atoms with van der Waals surface area (Å²) in [6.45, 7) is 3.30. The molecule has 4 rings (SSSR count). The fourth-order valence-electron chi connectivity index (χ4n) is 3.61. The smallest absolute Gasteiger partial charge is 0.140 e. The fraction of sp³-hybridized carbons (Fsp3) is 0.429. The Balaban J connectivity index is 1.30. The van der Waals surface area contributed by atoms with Crippen molar-refractivity contribution in [2.75, 3.05) is 12.4 Å². The van der Waals surface area contributed by atoms with Crippen LogP contribution in [0.1, 0.15) is 48.1 Å². The van der Waals surface area contributed by atoms with Gasteiger partial charge >= 0.3 is 0 Å². The monoisotopic (exact) mass is 398 g/mol. The average molecular weight is 399 g/mol. The molecule has 2 heterocycles. The van der Waals surface area contributed by atoms with Crippen LogP contribution < -0.4 is 14.8 Å². The molecule has 0 radical (unpaired) electrons. The molecule has 1 fully saturated rings. The van der Waals surface area contributed by atoms with E-state index in [1.54, 1.807) is 18.4 Å². The predicted octanol–water partition coefficient (Wildman–Crippen LogP) is 4.96. The molecule has 0 unspecified atom stereocenters. The lowest BCUT2D eigenvalue weighted by molar-refractivity contribution is 0.304. The average Bonchev–Trinajstić information content (AvgIpc) is 3.47. The molecule has 1 aromatic carbocycles. The van der Waals surface area contributed by atoms with Crippen LogP contribution in [0.15, 0.2) is 35.8 Å². The van der Waals surface area contributed by atoms with Crippen molar-refractivity contribution in [1.29, 1.82) is 0 Å². The SMILES string of the molecule is COc1ccc(OCc2nc(CNc3cnn(C4CCCC4)c3C)cs2)cc1. The number of nitrogens with zero attached hydrogens (tertiary/aromatic N) is 3. The topological polar surface area (TPSA) is 61.2 Å². The third kappa shape index (κ3) is 4.30. The van der Waals surface area contributed by atoms with E-state index in [1.165, 1.54) is 31.4 Å². The van der Waals surface area contributed by atoms with Crippen LogP contribution in [0.2, 0.25) is 0 Å². The number of anilines is 1. The lowest BCUT2D eigenvalue weighted by Gasteiger charge is -2.12. The third-order valence-electron chi connectivity index (χ3n) is 5.20. The quantitative estimate of drug-likeness (QED) is 0.581. The second-order valence-corrected chi connectivity index (χ2v) is 8.02. The number of thiazole rings is 1. The van der Waals surface area contributed by atoms with Gasteiger partial charge in [0.25, 0.3) is 0 Å². The zero-order valence-electron chi connectivity index (χ0n) is 16.4. The van der Waals surface area contributed by atoms with Gasteiger partial charge in [-0.15, -0.1) is 11.3 Å². The summed E-state index contributed by atoms with van der Waals surface area (Å²) in [5.41, 5.74) is 3.33. The summed E-state index contributed by atoms with van der Waals surface area (Å²) >= 11 is 1.62. The molecule has 0 aliphatic heterocycles. The molecule has 0 saturated heterocycles. The third-order valence-corrected chi connectivity index (χ3v) is 6.07. The van der Waals surface area contributed by atoms with E-state index in [2.05, 4.69) is 32.4 Å². The summed E-state index contributed by atoms with van der Waals surface area (Å²) < 4.78 is 13.1. The maximum atomic E-state index is 5.81. The molecule has 3 aromatic rings. The Labute approximate surface area is 169 Å². The minimum absolute atomic E-state index is 0.468. The highest BCUT2D eigenvalue weighted by Gasteiger charge is 2.20. The Morgan fingerprint density at radius 3 is 2.68 bits per heavy atom. The maximum absolute atomic E-state index is 5.81. The lowest BCUT2D eigenvalue weighted by atomic mass is 10.2. The van der Waals surface area contributed by atoms with Crippen molar-refractivity contribution in [3.63, 3.8) is 0 Å². The molecule has 1 saturated carbocycles. The molecule has 28 heavy (non-hydrogen) atoms. The standard InChI is InChI=1S/C21H26N4O2S/c1-15-20(12-23-25(15)17-5-3-4-6-17)22-11-16-14-28-21(24-16)13-27-19-9-7-18(26-2)8-10-19/h7-10,12,14,17,22H,3-6,11,13H2,1-2H3. The van der Waals surface area contributed by atoms with Gasteiger partial charge in [-0.1, -0.05) is 12.8 Å². The van der Waals surface area contributed by atoms with Crippen molar-refractivity contribution in [2.24, 2.45) is 0 Å². The van der Waals surface area contributed by atoms with Gasteiger partial charge < -0.3 is 14.8 Å². The van der Waals surface area contributed by atoms with Crippen LogP contribution in [0.3, 0.4) is 0 Å². The molecule has 7 heteroatoms. The first-order valence-corrected chi connectivity index (χ1v) is 10.6. The second-order valence-electron chi connectivity index (χ2n) is 7.08. The van der Waals surface area contributed by atoms with Crippen LogP contribution in [-0.2, 0) is 13.2 Å². The highest BCUT2D eigenvalue weighted by atomic mass is 32.1. The Bertz CT molecular complexity index is 898. The first kappa shape index (κ1) is 18.8. The normalized spacial score (nSPS) is 14.4. The van der Waals surface area contributed by atoms with Gasteiger partial charge in [-0.3, -0.25) is 4.68 Å². The number of nitrogens with one attached hydrogen (secondary N) is 1. The molecule has 0 bridgehead atoms. The van der Waals surface area contributed by atoms with Gasteiger partial charge in [0.1, 0.15) is 23.1 Å². The molecular weight excluding hydrogens is 372 g/mol. The number of hydrogen-bond acceptors (Lipinski definition) is 6. The summed E-state index contributed by atoms with van der Waals surface area (Å²) in [4.78, 5) is 4.67. The van der Waals surface area contributed by atoms with Crippen molar-refractivity contribution in [3.8, 4) is 11.5 Å². The molecule has 0 spiro atoms. The van der Waals surface area contributed by atoms with E-state index in [0.29, 0.717) is 19.2 Å². The van der Waals surface area contributed by atoms with Crippen molar-refractivity contribution >= 4 is 17.0 Å². The van der Waals surface area contributed by atoms with Crippen LogP contribution >= 0.6 is 11.3 Å². The van der Waals surface area contributed by atoms with E-state index in [-0.39, 0.29) is 0 Å². The highest BCUT2D eigenvalue weighted by Crippen LogP contribution is 2.31. The van der Waals surface area contributed by atoms with Gasteiger partial charge in [0.15, 0.2) is 0 Å². The maximum Gasteiger partial charge on any atom is 0.140 e. The molecule has 1 N–H and O–H groups in total. The van der Waals surface area contributed by atoms with E-state index in [4.69, 9.17) is 9.47 Å². The van der Waals surface area contributed by atoms with E-state index in [9.17, 15) is 0 Å². The van der Waals surface area contributed by atoms with Gasteiger partial charge in [0, 0.05) is 5.38 Å². The Morgan fingerprint density at radius 2 is 1.93 bits per heavy atom. The minimum atomic E-state index is 0.468. The van der Waals surface area contributed by atoms with E-state index in [1.807, 2.05) is 30.5 Å². The van der Waals surface area contributed by atoms with E-state index >= 15 is 0 Å². The van der Waals surface area contributed by atoms with Crippen LogP contribution in [0.25, 0.3) is 0 Å². The zero-order chi connectivity index (χ0) is 19.3. The largest absolute Gasteiger partial charge is 0.497 e. The molecule has 1 aliphatic rings. The summed E-state index contributed by atoms with van der Waals surface area (Å²) in [5.74, 6) is 1.63. The van der Waals surface area contributed by atoms with Crippen molar-refractivity contribution in [2.45, 2.75) is 51.8 Å². The first-order chi connectivity index (χ1) is 13.7. The molecule has 148 valence electrons. The molecule has 6 nitrogen and oxygen atoms in total. The van der Waals surface area contributed by atoms with E-state index in [0.717, 1.165) is 27.9 Å². The summed E-state index contributed by atoms with van der Waals surface area (Å²) in [6, 6.07) is 8.15. The molecular formula is C21H26N4O2S. The number of aromatic nitrogens is 3. The van der Waals surface area contributed by atoms with Crippen LogP contribution in [-0.4, -0.2) is 21.9 Å². The fourth-order valence-corrected chi connectivity index (χ4v) is 4.32. The predicted molar refractivity (Wildman–Crippen MR) is 111 cm³/mol. The van der Waals surface area contributed by atoms with Gasteiger partial charge in [-0.25, -0.2) is 4.98 Å². The number of methoxy groups -OCH3 is 1. The number of rotatable bonds is 8. The lowest BCUT2D eigenvalue weighted by Crippen LogP contribution is -2.09. The van der Waals surface area contributed by atoms with Crippen LogP contribution in [0.5, 0.6) is 11.5 Å². The molecule has 2 aromatic heterocycles. The summed E-state index contributed by atoms with van der Waals surface area (Å²) in [5, 5.41) is 11.1. The number of benzene rings is 1. The number of hydrogen-bond donors (Lipinski definition) is 1.